The van der Waals surface area contributed by atoms with Gasteiger partial charge in [-0.1, -0.05) is 12.1 Å². The van der Waals surface area contributed by atoms with Crippen LogP contribution in [0.4, 0.5) is 5.69 Å². The number of nitrogens with one attached hydrogen (secondary N) is 1. The van der Waals surface area contributed by atoms with E-state index in [2.05, 4.69) is 43.2 Å². The molecule has 0 saturated carbocycles. The molecule has 1 aliphatic rings. The summed E-state index contributed by atoms with van der Waals surface area (Å²) in [6, 6.07) is 8.60. The summed E-state index contributed by atoms with van der Waals surface area (Å²) < 4.78 is 0. The van der Waals surface area contributed by atoms with E-state index in [-0.39, 0.29) is 24.8 Å². The van der Waals surface area contributed by atoms with E-state index >= 15 is 0 Å². The van der Waals surface area contributed by atoms with Crippen LogP contribution in [0.5, 0.6) is 0 Å². The Hall–Kier alpha value is -0.540. The van der Waals surface area contributed by atoms with Gasteiger partial charge in [0.05, 0.1) is 13.6 Å². The van der Waals surface area contributed by atoms with Crippen LogP contribution < -0.4 is 35.4 Å². The van der Waals surface area contributed by atoms with Gasteiger partial charge < -0.3 is 30.5 Å². The molecule has 0 fully saturated rings. The molecule has 4 N–H and O–H groups in total. The maximum atomic E-state index is 3.90. The summed E-state index contributed by atoms with van der Waals surface area (Å²) >= 11 is 0. The monoisotopic (exact) mass is 246 g/mol. The van der Waals surface area contributed by atoms with Crippen molar-refractivity contribution in [3.8, 4) is 0 Å². The SMILES string of the molecule is C[NH+]1C=C(CC[NH3+])c2ccccc21.[Cl-].[Cl-]. The maximum absolute atomic E-state index is 3.90. The van der Waals surface area contributed by atoms with Crippen molar-refractivity contribution in [1.29, 1.82) is 0 Å². The molecule has 0 aromatic heterocycles. The minimum absolute atomic E-state index is 0. The molecule has 15 heavy (non-hydrogen) atoms. The average Bonchev–Trinajstić information content (AvgIpc) is 2.46. The minimum atomic E-state index is 0. The number of halogens is 2. The van der Waals surface area contributed by atoms with Gasteiger partial charge in [0.15, 0.2) is 0 Å². The number of hydrogen-bond donors (Lipinski definition) is 2. The van der Waals surface area contributed by atoms with Gasteiger partial charge in [-0.3, -0.25) is 4.90 Å². The third-order valence-electron chi connectivity index (χ3n) is 2.53. The molecular weight excluding hydrogens is 231 g/mol. The molecule has 0 amide bonds. The molecule has 1 aromatic carbocycles. The Balaban J connectivity index is 0.000000980. The fourth-order valence-corrected chi connectivity index (χ4v) is 1.92. The summed E-state index contributed by atoms with van der Waals surface area (Å²) in [6.07, 6.45) is 3.38. The van der Waals surface area contributed by atoms with Crippen molar-refractivity contribution in [2.75, 3.05) is 13.6 Å². The van der Waals surface area contributed by atoms with Gasteiger partial charge in [-0.25, -0.2) is 0 Å². The van der Waals surface area contributed by atoms with Crippen molar-refractivity contribution in [1.82, 2.24) is 0 Å². The first-order chi connectivity index (χ1) is 6.33. The normalized spacial score (nSPS) is 17.2. The molecular formula is C11H16Cl2N2. The van der Waals surface area contributed by atoms with Crippen molar-refractivity contribution < 1.29 is 35.4 Å². The Morgan fingerprint density at radius 1 is 1.20 bits per heavy atom. The molecule has 2 nitrogen and oxygen atoms in total. The van der Waals surface area contributed by atoms with E-state index in [1.165, 1.54) is 21.7 Å². The molecule has 1 aliphatic heterocycles. The number of fused-ring (bicyclic) bond motifs is 1. The van der Waals surface area contributed by atoms with Crippen LogP contribution in [0.2, 0.25) is 0 Å². The van der Waals surface area contributed by atoms with E-state index in [1.807, 2.05) is 0 Å². The zero-order valence-electron chi connectivity index (χ0n) is 8.76. The van der Waals surface area contributed by atoms with Gasteiger partial charge in [-0.05, 0) is 6.07 Å². The van der Waals surface area contributed by atoms with Gasteiger partial charge in [0, 0.05) is 23.6 Å². The highest BCUT2D eigenvalue weighted by molar-refractivity contribution is 5.74. The quantitative estimate of drug-likeness (QED) is 0.521. The number of quaternary nitrogens is 2. The zero-order chi connectivity index (χ0) is 9.26. The lowest BCUT2D eigenvalue weighted by molar-refractivity contribution is -0.747. The van der Waals surface area contributed by atoms with E-state index < -0.39 is 0 Å². The summed E-state index contributed by atoms with van der Waals surface area (Å²) in [4.78, 5) is 1.39. The smallest absolute Gasteiger partial charge is 0.143 e. The molecule has 1 aromatic rings. The highest BCUT2D eigenvalue weighted by Gasteiger charge is 2.21. The summed E-state index contributed by atoms with van der Waals surface area (Å²) in [5, 5.41) is 0. The molecule has 84 valence electrons. The first kappa shape index (κ1) is 14.5. The molecule has 0 spiro atoms. The molecule has 1 unspecified atom stereocenters. The molecule has 0 aliphatic carbocycles. The molecule has 4 heteroatoms. The predicted molar refractivity (Wildman–Crippen MR) is 53.3 cm³/mol. The van der Waals surface area contributed by atoms with E-state index in [0.717, 1.165) is 13.0 Å². The zero-order valence-corrected chi connectivity index (χ0v) is 10.3. The fourth-order valence-electron chi connectivity index (χ4n) is 1.92. The van der Waals surface area contributed by atoms with Crippen LogP contribution in [0.25, 0.3) is 5.57 Å². The van der Waals surface area contributed by atoms with Gasteiger partial charge in [-0.2, -0.15) is 0 Å². The van der Waals surface area contributed by atoms with Gasteiger partial charge in [0.2, 0.25) is 0 Å². The number of benzene rings is 1. The van der Waals surface area contributed by atoms with Crippen LogP contribution in [-0.4, -0.2) is 13.6 Å². The van der Waals surface area contributed by atoms with Gasteiger partial charge >= 0.3 is 0 Å². The standard InChI is InChI=1S/C11H14N2.2ClH/c1-13-8-9(6-7-12)10-4-2-3-5-11(10)13;;/h2-5,8H,6-7,12H2,1H3;2*1H. The van der Waals surface area contributed by atoms with Crippen molar-refractivity contribution in [3.05, 3.63) is 36.0 Å². The van der Waals surface area contributed by atoms with Crippen LogP contribution in [0.1, 0.15) is 12.0 Å². The maximum Gasteiger partial charge on any atom is 0.143 e. The second kappa shape index (κ2) is 6.13. The second-order valence-electron chi connectivity index (χ2n) is 3.50. The highest BCUT2D eigenvalue weighted by atomic mass is 35.5. The third-order valence-corrected chi connectivity index (χ3v) is 2.53. The Morgan fingerprint density at radius 2 is 1.87 bits per heavy atom. The van der Waals surface area contributed by atoms with E-state index in [9.17, 15) is 0 Å². The average molecular weight is 247 g/mol. The van der Waals surface area contributed by atoms with Crippen LogP contribution in [0.15, 0.2) is 30.5 Å². The minimum Gasteiger partial charge on any atom is -1.00 e. The number of hydrogen-bond acceptors (Lipinski definition) is 0. The first-order valence-electron chi connectivity index (χ1n) is 4.76. The molecule has 2 rings (SSSR count). The van der Waals surface area contributed by atoms with Gasteiger partial charge in [0.25, 0.3) is 0 Å². The lowest BCUT2D eigenvalue weighted by Crippen LogP contribution is -3.00. The number of rotatable bonds is 2. The molecule has 0 radical (unpaired) electrons. The van der Waals surface area contributed by atoms with Crippen molar-refractivity contribution >= 4 is 11.3 Å². The Morgan fingerprint density at radius 3 is 2.53 bits per heavy atom. The van der Waals surface area contributed by atoms with Gasteiger partial charge in [0.1, 0.15) is 11.9 Å². The largest absolute Gasteiger partial charge is 1.00 e. The summed E-state index contributed by atoms with van der Waals surface area (Å²) in [5.74, 6) is 0. The van der Waals surface area contributed by atoms with E-state index in [1.54, 1.807) is 0 Å². The number of para-hydroxylation sites is 1. The Labute approximate surface area is 103 Å². The van der Waals surface area contributed by atoms with E-state index in [4.69, 9.17) is 0 Å². The molecule has 0 bridgehead atoms. The van der Waals surface area contributed by atoms with Crippen molar-refractivity contribution in [2.45, 2.75) is 6.42 Å². The molecule has 0 saturated heterocycles. The summed E-state index contributed by atoms with van der Waals surface area (Å²) in [6.45, 7) is 0.980. The lowest BCUT2D eigenvalue weighted by Gasteiger charge is -2.02. The van der Waals surface area contributed by atoms with Crippen molar-refractivity contribution in [2.24, 2.45) is 0 Å². The van der Waals surface area contributed by atoms with Crippen LogP contribution in [-0.2, 0) is 0 Å². The fraction of sp³-hybridized carbons (Fsp3) is 0.273. The van der Waals surface area contributed by atoms with Crippen molar-refractivity contribution in [3.63, 3.8) is 0 Å². The van der Waals surface area contributed by atoms with Crippen LogP contribution in [0, 0.1) is 0 Å². The predicted octanol–water partition coefficient (Wildman–Crippen LogP) is -6.17. The topological polar surface area (TPSA) is 32.1 Å². The van der Waals surface area contributed by atoms with Crippen LogP contribution in [0.3, 0.4) is 0 Å². The first-order valence-corrected chi connectivity index (χ1v) is 4.76. The lowest BCUT2D eigenvalue weighted by atomic mass is 10.1. The highest BCUT2D eigenvalue weighted by Crippen LogP contribution is 2.26. The third kappa shape index (κ3) is 2.73. The molecule has 1 atom stereocenters. The summed E-state index contributed by atoms with van der Waals surface area (Å²) in [7, 11) is 2.18. The van der Waals surface area contributed by atoms with Crippen LogP contribution >= 0.6 is 0 Å². The molecule has 1 heterocycles. The van der Waals surface area contributed by atoms with E-state index in [0.29, 0.717) is 0 Å². The second-order valence-corrected chi connectivity index (χ2v) is 3.50. The van der Waals surface area contributed by atoms with Gasteiger partial charge in [-0.15, -0.1) is 0 Å². The Bertz CT molecular complexity index is 350. The Kier molecular flexibility index (Phi) is 5.91. The summed E-state index contributed by atoms with van der Waals surface area (Å²) in [5.41, 5.74) is 8.14.